The van der Waals surface area contributed by atoms with Gasteiger partial charge in [0.1, 0.15) is 10.8 Å². The minimum Gasteiger partial charge on any atom is -0.497 e. The average Bonchev–Trinajstić information content (AvgIpc) is 2.41. The molecule has 0 bridgehead atoms. The normalized spacial score (nSPS) is 10.2. The predicted molar refractivity (Wildman–Crippen MR) is 68.3 cm³/mol. The van der Waals surface area contributed by atoms with Crippen molar-refractivity contribution in [1.29, 1.82) is 0 Å². The van der Waals surface area contributed by atoms with E-state index in [0.717, 1.165) is 22.7 Å². The van der Waals surface area contributed by atoms with Gasteiger partial charge in [-0.3, -0.25) is 0 Å². The molecule has 1 N–H and O–H groups in total. The van der Waals surface area contributed by atoms with Crippen molar-refractivity contribution in [3.05, 3.63) is 47.9 Å². The van der Waals surface area contributed by atoms with E-state index in [2.05, 4.69) is 4.98 Å². The van der Waals surface area contributed by atoms with Gasteiger partial charge in [0, 0.05) is 11.1 Å². The van der Waals surface area contributed by atoms with Gasteiger partial charge in [-0.1, -0.05) is 11.8 Å². The molecule has 0 unspecified atom stereocenters. The van der Waals surface area contributed by atoms with Crippen LogP contribution in [0.4, 0.5) is 4.39 Å². The summed E-state index contributed by atoms with van der Waals surface area (Å²) in [6.07, 6.45) is 1.28. The van der Waals surface area contributed by atoms with Crippen LogP contribution in [0.5, 0.6) is 5.75 Å². The van der Waals surface area contributed by atoms with Crippen LogP contribution < -0.4 is 4.74 Å². The van der Waals surface area contributed by atoms with Gasteiger partial charge in [0.25, 0.3) is 0 Å². The maximum Gasteiger partial charge on any atom is 0.338 e. The third-order valence-electron chi connectivity index (χ3n) is 2.36. The zero-order valence-corrected chi connectivity index (χ0v) is 10.8. The molecule has 0 amide bonds. The molecular weight excluding hydrogens is 269 g/mol. The number of ether oxygens (including phenoxy) is 1. The maximum absolute atomic E-state index is 13.9. The standard InChI is InChI=1S/C13H10FNO3S/c1-18-8-2-4-9(5-3-8)19-12-11(14)10(13(16)17)6-7-15-12/h2-7H,1H3,(H,16,17). The van der Waals surface area contributed by atoms with Crippen molar-refractivity contribution in [2.45, 2.75) is 9.92 Å². The van der Waals surface area contributed by atoms with E-state index in [1.54, 1.807) is 31.4 Å². The first-order valence-electron chi connectivity index (χ1n) is 5.31. The van der Waals surface area contributed by atoms with Crippen molar-refractivity contribution < 1.29 is 19.0 Å². The predicted octanol–water partition coefficient (Wildman–Crippen LogP) is 3.08. The summed E-state index contributed by atoms with van der Waals surface area (Å²) in [5, 5.41) is 8.86. The molecule has 0 saturated heterocycles. The Morgan fingerprint density at radius 1 is 1.32 bits per heavy atom. The molecule has 0 aliphatic carbocycles. The Balaban J connectivity index is 2.27. The van der Waals surface area contributed by atoms with Crippen molar-refractivity contribution in [2.75, 3.05) is 7.11 Å². The number of pyridine rings is 1. The van der Waals surface area contributed by atoms with Crippen molar-refractivity contribution in [3.63, 3.8) is 0 Å². The Morgan fingerprint density at radius 2 is 2.00 bits per heavy atom. The summed E-state index contributed by atoms with van der Waals surface area (Å²) in [5.41, 5.74) is -0.383. The highest BCUT2D eigenvalue weighted by atomic mass is 32.2. The molecule has 0 aliphatic rings. The van der Waals surface area contributed by atoms with Crippen LogP contribution in [0.1, 0.15) is 10.4 Å². The number of aromatic nitrogens is 1. The lowest BCUT2D eigenvalue weighted by Gasteiger charge is -2.05. The fourth-order valence-corrected chi connectivity index (χ4v) is 2.22. The van der Waals surface area contributed by atoms with Crippen LogP contribution in [0.25, 0.3) is 0 Å². The zero-order valence-electron chi connectivity index (χ0n) is 9.96. The minimum atomic E-state index is -1.31. The largest absolute Gasteiger partial charge is 0.497 e. The summed E-state index contributed by atoms with van der Waals surface area (Å²) >= 11 is 1.06. The first-order chi connectivity index (χ1) is 9.11. The Labute approximate surface area is 113 Å². The van der Waals surface area contributed by atoms with E-state index in [4.69, 9.17) is 9.84 Å². The molecule has 6 heteroatoms. The summed E-state index contributed by atoms with van der Waals surface area (Å²) in [7, 11) is 1.56. The number of carboxylic acid groups (broad SMARTS) is 1. The van der Waals surface area contributed by atoms with Crippen LogP contribution in [0, 0.1) is 5.82 Å². The third kappa shape index (κ3) is 3.03. The number of nitrogens with zero attached hydrogens (tertiary/aromatic N) is 1. The molecule has 98 valence electrons. The van der Waals surface area contributed by atoms with E-state index >= 15 is 0 Å². The molecule has 0 saturated carbocycles. The Kier molecular flexibility index (Phi) is 4.01. The van der Waals surface area contributed by atoms with Crippen LogP contribution in [-0.2, 0) is 0 Å². The summed E-state index contributed by atoms with van der Waals surface area (Å²) in [5.74, 6) is -1.44. The van der Waals surface area contributed by atoms with Gasteiger partial charge in [-0.2, -0.15) is 0 Å². The fraction of sp³-hybridized carbons (Fsp3) is 0.0769. The molecule has 4 nitrogen and oxygen atoms in total. The molecule has 1 aromatic carbocycles. The van der Waals surface area contributed by atoms with E-state index in [0.29, 0.717) is 5.75 Å². The van der Waals surface area contributed by atoms with Crippen LogP contribution in [-0.4, -0.2) is 23.2 Å². The third-order valence-corrected chi connectivity index (χ3v) is 3.35. The lowest BCUT2D eigenvalue weighted by atomic mass is 10.3. The molecule has 0 spiro atoms. The summed E-state index contributed by atoms with van der Waals surface area (Å²) in [4.78, 5) is 15.4. The summed E-state index contributed by atoms with van der Waals surface area (Å²) in [6.45, 7) is 0. The fourth-order valence-electron chi connectivity index (χ4n) is 1.42. The van der Waals surface area contributed by atoms with Crippen LogP contribution in [0.3, 0.4) is 0 Å². The number of carbonyl (C=O) groups is 1. The van der Waals surface area contributed by atoms with Crippen molar-refractivity contribution in [1.82, 2.24) is 4.98 Å². The van der Waals surface area contributed by atoms with E-state index in [-0.39, 0.29) is 10.6 Å². The van der Waals surface area contributed by atoms with Gasteiger partial charge < -0.3 is 9.84 Å². The number of rotatable bonds is 4. The van der Waals surface area contributed by atoms with E-state index in [9.17, 15) is 9.18 Å². The van der Waals surface area contributed by atoms with Gasteiger partial charge >= 0.3 is 5.97 Å². The van der Waals surface area contributed by atoms with Gasteiger partial charge in [0.05, 0.1) is 12.7 Å². The van der Waals surface area contributed by atoms with Crippen LogP contribution in [0.15, 0.2) is 46.5 Å². The highest BCUT2D eigenvalue weighted by Gasteiger charge is 2.15. The van der Waals surface area contributed by atoms with Crippen molar-refractivity contribution in [2.24, 2.45) is 0 Å². The first kappa shape index (κ1) is 13.4. The number of carboxylic acids is 1. The SMILES string of the molecule is COc1ccc(Sc2nccc(C(=O)O)c2F)cc1. The van der Waals surface area contributed by atoms with Crippen molar-refractivity contribution >= 4 is 17.7 Å². The molecular formula is C13H10FNO3S. The molecule has 0 aliphatic heterocycles. The molecule has 0 fully saturated rings. The number of methoxy groups -OCH3 is 1. The Morgan fingerprint density at radius 3 is 2.58 bits per heavy atom. The second-order valence-corrected chi connectivity index (χ2v) is 4.62. The second-order valence-electron chi connectivity index (χ2n) is 3.56. The van der Waals surface area contributed by atoms with Crippen molar-refractivity contribution in [3.8, 4) is 5.75 Å². The zero-order chi connectivity index (χ0) is 13.8. The first-order valence-corrected chi connectivity index (χ1v) is 6.13. The molecule has 0 atom stereocenters. The van der Waals surface area contributed by atoms with Gasteiger partial charge in [0.2, 0.25) is 0 Å². The molecule has 2 rings (SSSR count). The quantitative estimate of drug-likeness (QED) is 0.932. The van der Waals surface area contributed by atoms with Crippen LogP contribution in [0.2, 0.25) is 0 Å². The van der Waals surface area contributed by atoms with E-state index < -0.39 is 11.8 Å². The Bertz CT molecular complexity index is 601. The van der Waals surface area contributed by atoms with Gasteiger partial charge in [-0.15, -0.1) is 0 Å². The lowest BCUT2D eigenvalue weighted by molar-refractivity contribution is 0.0691. The monoisotopic (exact) mass is 279 g/mol. The molecule has 19 heavy (non-hydrogen) atoms. The van der Waals surface area contributed by atoms with Gasteiger partial charge in [-0.05, 0) is 30.3 Å². The summed E-state index contributed by atoms with van der Waals surface area (Å²) in [6, 6.07) is 8.11. The summed E-state index contributed by atoms with van der Waals surface area (Å²) < 4.78 is 18.9. The number of aromatic carboxylic acids is 1. The smallest absolute Gasteiger partial charge is 0.338 e. The van der Waals surface area contributed by atoms with E-state index in [1.165, 1.54) is 6.20 Å². The highest BCUT2D eigenvalue weighted by molar-refractivity contribution is 7.99. The number of benzene rings is 1. The second kappa shape index (κ2) is 5.71. The number of halogens is 1. The molecule has 0 radical (unpaired) electrons. The van der Waals surface area contributed by atoms with E-state index in [1.807, 2.05) is 0 Å². The minimum absolute atomic E-state index is 0.0325. The van der Waals surface area contributed by atoms with Gasteiger partial charge in [0.15, 0.2) is 5.82 Å². The number of hydrogen-bond acceptors (Lipinski definition) is 4. The topological polar surface area (TPSA) is 59.4 Å². The number of hydrogen-bond donors (Lipinski definition) is 1. The average molecular weight is 279 g/mol. The molecule has 1 heterocycles. The van der Waals surface area contributed by atoms with Crippen LogP contribution >= 0.6 is 11.8 Å². The van der Waals surface area contributed by atoms with Gasteiger partial charge in [-0.25, -0.2) is 14.2 Å². The maximum atomic E-state index is 13.9. The molecule has 2 aromatic rings. The lowest BCUT2D eigenvalue weighted by Crippen LogP contribution is -2.02. The Hall–Kier alpha value is -2.08. The molecule has 1 aromatic heterocycles. The highest BCUT2D eigenvalue weighted by Crippen LogP contribution is 2.30.